The topological polar surface area (TPSA) is 95.2 Å². The van der Waals surface area contributed by atoms with Crippen LogP contribution in [0.1, 0.15) is 0 Å². The van der Waals surface area contributed by atoms with Crippen LogP contribution in [0.15, 0.2) is 36.4 Å². The number of nitro benzene ring substituents is 1. The highest BCUT2D eigenvalue weighted by atomic mass is 19.1. The summed E-state index contributed by atoms with van der Waals surface area (Å²) in [6, 6.07) is 8.31. The largest absolute Gasteiger partial charge is 0.399 e. The van der Waals surface area contributed by atoms with Gasteiger partial charge in [-0.05, 0) is 29.8 Å². The number of anilines is 2. The maximum atomic E-state index is 13.7. The second kappa shape index (κ2) is 4.33. The van der Waals surface area contributed by atoms with Crippen molar-refractivity contribution in [3.63, 3.8) is 0 Å². The predicted molar refractivity (Wildman–Crippen MR) is 67.3 cm³/mol. The van der Waals surface area contributed by atoms with Crippen molar-refractivity contribution in [1.29, 1.82) is 0 Å². The van der Waals surface area contributed by atoms with E-state index in [1.165, 1.54) is 30.3 Å². The number of nitrogens with zero attached hydrogens (tertiary/aromatic N) is 1. The molecule has 2 rings (SSSR count). The van der Waals surface area contributed by atoms with Gasteiger partial charge in [-0.3, -0.25) is 10.1 Å². The molecule has 0 unspecified atom stereocenters. The quantitative estimate of drug-likeness (QED) is 0.484. The lowest BCUT2D eigenvalue weighted by molar-refractivity contribution is -0.383. The van der Waals surface area contributed by atoms with Crippen molar-refractivity contribution in [2.24, 2.45) is 0 Å². The van der Waals surface area contributed by atoms with Crippen molar-refractivity contribution in [3.8, 4) is 11.1 Å². The van der Waals surface area contributed by atoms with Gasteiger partial charge in [0.2, 0.25) is 0 Å². The molecular weight excluding hydrogens is 237 g/mol. The van der Waals surface area contributed by atoms with E-state index in [1.54, 1.807) is 0 Å². The van der Waals surface area contributed by atoms with Crippen molar-refractivity contribution in [2.75, 3.05) is 11.5 Å². The second-order valence-corrected chi connectivity index (χ2v) is 3.77. The molecule has 0 amide bonds. The number of hydrogen-bond acceptors (Lipinski definition) is 4. The van der Waals surface area contributed by atoms with Crippen molar-refractivity contribution in [2.45, 2.75) is 0 Å². The van der Waals surface area contributed by atoms with E-state index in [1.807, 2.05) is 0 Å². The molecule has 0 heterocycles. The summed E-state index contributed by atoms with van der Waals surface area (Å²) < 4.78 is 13.7. The van der Waals surface area contributed by atoms with Crippen LogP contribution in [0.5, 0.6) is 0 Å². The first-order valence-electron chi connectivity index (χ1n) is 5.08. The van der Waals surface area contributed by atoms with Crippen molar-refractivity contribution in [1.82, 2.24) is 0 Å². The van der Waals surface area contributed by atoms with E-state index in [2.05, 4.69) is 0 Å². The Hall–Kier alpha value is -2.63. The van der Waals surface area contributed by atoms with E-state index in [0.29, 0.717) is 11.3 Å². The fraction of sp³-hybridized carbons (Fsp3) is 0. The molecule has 0 saturated heterocycles. The molecule has 92 valence electrons. The van der Waals surface area contributed by atoms with Crippen LogP contribution in [0.2, 0.25) is 0 Å². The van der Waals surface area contributed by atoms with E-state index >= 15 is 0 Å². The SMILES string of the molecule is Nc1ccc(-c2ccc(N)c([N+](=O)[O-])c2)c(F)c1. The van der Waals surface area contributed by atoms with E-state index in [-0.39, 0.29) is 16.9 Å². The van der Waals surface area contributed by atoms with E-state index in [0.717, 1.165) is 6.07 Å². The van der Waals surface area contributed by atoms with Gasteiger partial charge in [0.1, 0.15) is 11.5 Å². The minimum absolute atomic E-state index is 0.0413. The number of nitro groups is 1. The predicted octanol–water partition coefficient (Wildman–Crippen LogP) is 2.57. The molecule has 0 bridgehead atoms. The minimum Gasteiger partial charge on any atom is -0.399 e. The lowest BCUT2D eigenvalue weighted by atomic mass is 10.0. The summed E-state index contributed by atoms with van der Waals surface area (Å²) in [5, 5.41) is 10.8. The van der Waals surface area contributed by atoms with E-state index < -0.39 is 10.7 Å². The van der Waals surface area contributed by atoms with Crippen LogP contribution < -0.4 is 11.5 Å². The Morgan fingerprint density at radius 2 is 1.83 bits per heavy atom. The Kier molecular flexibility index (Phi) is 2.85. The first-order chi connectivity index (χ1) is 8.49. The van der Waals surface area contributed by atoms with Crippen LogP contribution in [0.3, 0.4) is 0 Å². The molecule has 6 heteroatoms. The molecule has 2 aromatic rings. The Labute approximate surface area is 102 Å². The molecule has 0 aromatic heterocycles. The molecular formula is C12H10FN3O2. The molecule has 0 saturated carbocycles. The standard InChI is InChI=1S/C12H10FN3O2/c13-10-6-8(14)2-3-9(10)7-1-4-11(15)12(5-7)16(17)18/h1-6H,14-15H2. The van der Waals surface area contributed by atoms with Crippen LogP contribution in [0, 0.1) is 15.9 Å². The highest BCUT2D eigenvalue weighted by molar-refractivity contribution is 5.73. The molecule has 0 spiro atoms. The fourth-order valence-electron chi connectivity index (χ4n) is 1.63. The Morgan fingerprint density at radius 3 is 2.44 bits per heavy atom. The summed E-state index contributed by atoms with van der Waals surface area (Å²) in [6.07, 6.45) is 0. The average Bonchev–Trinajstić information content (AvgIpc) is 2.30. The first-order valence-corrected chi connectivity index (χ1v) is 5.08. The molecule has 2 aromatic carbocycles. The molecule has 18 heavy (non-hydrogen) atoms. The molecule has 0 aliphatic carbocycles. The van der Waals surface area contributed by atoms with Gasteiger partial charge < -0.3 is 11.5 Å². The molecule has 4 N–H and O–H groups in total. The summed E-state index contributed by atoms with van der Waals surface area (Å²) in [7, 11) is 0. The number of rotatable bonds is 2. The van der Waals surface area contributed by atoms with Gasteiger partial charge in [-0.15, -0.1) is 0 Å². The third kappa shape index (κ3) is 2.08. The monoisotopic (exact) mass is 247 g/mol. The zero-order valence-electron chi connectivity index (χ0n) is 9.26. The fourth-order valence-corrected chi connectivity index (χ4v) is 1.63. The maximum Gasteiger partial charge on any atom is 0.292 e. The molecule has 0 radical (unpaired) electrons. The lowest BCUT2D eigenvalue weighted by Crippen LogP contribution is -1.96. The van der Waals surface area contributed by atoms with Crippen LogP contribution in [-0.4, -0.2) is 4.92 Å². The lowest BCUT2D eigenvalue weighted by Gasteiger charge is -2.05. The van der Waals surface area contributed by atoms with Gasteiger partial charge in [0, 0.05) is 17.3 Å². The molecule has 0 aliphatic heterocycles. The van der Waals surface area contributed by atoms with Crippen molar-refractivity contribution >= 4 is 17.1 Å². The smallest absolute Gasteiger partial charge is 0.292 e. The highest BCUT2D eigenvalue weighted by Gasteiger charge is 2.14. The summed E-state index contributed by atoms with van der Waals surface area (Å²) in [5.41, 5.74) is 11.6. The van der Waals surface area contributed by atoms with Crippen molar-refractivity contribution < 1.29 is 9.31 Å². The molecule has 5 nitrogen and oxygen atoms in total. The van der Waals surface area contributed by atoms with Gasteiger partial charge in [-0.2, -0.15) is 0 Å². The zero-order chi connectivity index (χ0) is 13.3. The third-order valence-corrected chi connectivity index (χ3v) is 2.53. The van der Waals surface area contributed by atoms with Gasteiger partial charge in [0.25, 0.3) is 5.69 Å². The number of nitrogens with two attached hydrogens (primary N) is 2. The summed E-state index contributed by atoms with van der Waals surface area (Å²) in [5.74, 6) is -0.533. The van der Waals surface area contributed by atoms with Gasteiger partial charge in [0.15, 0.2) is 0 Å². The molecule has 0 atom stereocenters. The summed E-state index contributed by atoms with van der Waals surface area (Å²) in [6.45, 7) is 0. The van der Waals surface area contributed by atoms with Gasteiger partial charge in [-0.1, -0.05) is 6.07 Å². The number of benzene rings is 2. The average molecular weight is 247 g/mol. The summed E-state index contributed by atoms with van der Waals surface area (Å²) >= 11 is 0. The van der Waals surface area contributed by atoms with Crippen LogP contribution in [0.4, 0.5) is 21.5 Å². The number of nitrogen functional groups attached to an aromatic ring is 2. The Morgan fingerprint density at radius 1 is 1.11 bits per heavy atom. The van der Waals surface area contributed by atoms with Gasteiger partial charge >= 0.3 is 0 Å². The Balaban J connectivity index is 2.58. The molecule has 0 aliphatic rings. The third-order valence-electron chi connectivity index (χ3n) is 2.53. The molecule has 0 fully saturated rings. The van der Waals surface area contributed by atoms with Crippen LogP contribution in [0.25, 0.3) is 11.1 Å². The van der Waals surface area contributed by atoms with Crippen molar-refractivity contribution in [3.05, 3.63) is 52.3 Å². The van der Waals surface area contributed by atoms with Crippen LogP contribution >= 0.6 is 0 Å². The van der Waals surface area contributed by atoms with E-state index in [4.69, 9.17) is 11.5 Å². The zero-order valence-corrected chi connectivity index (χ0v) is 9.26. The maximum absolute atomic E-state index is 13.7. The Bertz CT molecular complexity index is 629. The number of hydrogen-bond donors (Lipinski definition) is 2. The second-order valence-electron chi connectivity index (χ2n) is 3.77. The van der Waals surface area contributed by atoms with Gasteiger partial charge in [0.05, 0.1) is 4.92 Å². The minimum atomic E-state index is -0.603. The van der Waals surface area contributed by atoms with Crippen LogP contribution in [-0.2, 0) is 0 Å². The summed E-state index contributed by atoms with van der Waals surface area (Å²) in [4.78, 5) is 10.2. The number of halogens is 1. The van der Waals surface area contributed by atoms with Gasteiger partial charge in [-0.25, -0.2) is 4.39 Å². The first kappa shape index (κ1) is 11.8. The van der Waals surface area contributed by atoms with E-state index in [9.17, 15) is 14.5 Å². The normalized spacial score (nSPS) is 10.3. The highest BCUT2D eigenvalue weighted by Crippen LogP contribution is 2.30.